The molecule has 44 heavy (non-hydrogen) atoms. The quantitative estimate of drug-likeness (QED) is 0.268. The molecule has 1 aromatic carbocycles. The summed E-state index contributed by atoms with van der Waals surface area (Å²) in [5, 5.41) is 5.80. The number of carbonyl (C=O) groups excluding carboxylic acids is 1. The molecule has 0 radical (unpaired) electrons. The van der Waals surface area contributed by atoms with Crippen molar-refractivity contribution < 1.29 is 35.9 Å². The molecule has 1 atom stereocenters. The van der Waals surface area contributed by atoms with Gasteiger partial charge in [-0.15, -0.1) is 0 Å². The Bertz CT molecular complexity index is 1700. The van der Waals surface area contributed by atoms with Gasteiger partial charge in [-0.2, -0.15) is 17.7 Å². The standard InChI is InChI=1S/C27H34F3N7O6S/c1-27(2,3)43-26(39)32-9-12-42-11-8-31-25-33-14-16-13-18(24(38)36(4)23(16)34-25)21-19(29)5-6-20(22(21)30)35-44(40,41)37-10-7-17(28)15-37/h5-6,13-14,17,35H,7-12,15H2,1-4H3,(H,32,39)(H,31,33,34)/t17-/m1/s1. The highest BCUT2D eigenvalue weighted by Gasteiger charge is 2.32. The number of hydrogen-bond acceptors (Lipinski definition) is 9. The van der Waals surface area contributed by atoms with Crippen LogP contribution < -0.4 is 20.9 Å². The average Bonchev–Trinajstić information content (AvgIpc) is 3.39. The number of fused-ring (bicyclic) bond motifs is 1. The summed E-state index contributed by atoms with van der Waals surface area (Å²) in [6, 6.07) is 2.94. The molecule has 4 rings (SSSR count). The number of benzene rings is 1. The normalized spacial score (nSPS) is 15.8. The fraction of sp³-hybridized carbons (Fsp3) is 0.481. The number of amides is 1. The van der Waals surface area contributed by atoms with Gasteiger partial charge in [0.05, 0.1) is 30.0 Å². The molecular weight excluding hydrogens is 607 g/mol. The second-order valence-corrected chi connectivity index (χ2v) is 12.7. The van der Waals surface area contributed by atoms with Crippen molar-refractivity contribution in [3.63, 3.8) is 0 Å². The number of aromatic nitrogens is 3. The zero-order valence-corrected chi connectivity index (χ0v) is 25.4. The second kappa shape index (κ2) is 13.4. The van der Waals surface area contributed by atoms with Crippen molar-refractivity contribution in [1.29, 1.82) is 0 Å². The van der Waals surface area contributed by atoms with Gasteiger partial charge in [-0.25, -0.2) is 22.9 Å². The third-order valence-corrected chi connectivity index (χ3v) is 7.91. The molecule has 0 bridgehead atoms. The SMILES string of the molecule is Cn1c(=O)c(-c2c(F)ccc(NS(=O)(=O)N3CC[C@@H](F)C3)c2F)cc2cnc(NCCOCCNC(=O)OC(C)(C)C)nc21. The Morgan fingerprint density at radius 3 is 2.59 bits per heavy atom. The fourth-order valence-electron chi connectivity index (χ4n) is 4.38. The largest absolute Gasteiger partial charge is 0.444 e. The van der Waals surface area contributed by atoms with Crippen molar-refractivity contribution in [1.82, 2.24) is 24.2 Å². The Labute approximate surface area is 251 Å². The number of pyridine rings is 1. The van der Waals surface area contributed by atoms with Gasteiger partial charge in [0.15, 0.2) is 5.82 Å². The summed E-state index contributed by atoms with van der Waals surface area (Å²) in [6.45, 7) is 5.84. The maximum atomic E-state index is 15.6. The molecule has 1 aliphatic rings. The number of nitrogens with zero attached hydrogens (tertiary/aromatic N) is 4. The van der Waals surface area contributed by atoms with E-state index in [0.29, 0.717) is 6.54 Å². The van der Waals surface area contributed by atoms with Crippen LogP contribution >= 0.6 is 0 Å². The first-order valence-electron chi connectivity index (χ1n) is 13.7. The van der Waals surface area contributed by atoms with Crippen molar-refractivity contribution >= 4 is 39.0 Å². The van der Waals surface area contributed by atoms with E-state index in [9.17, 15) is 26.8 Å². The summed E-state index contributed by atoms with van der Waals surface area (Å²) >= 11 is 0. The van der Waals surface area contributed by atoms with Crippen LogP contribution in [0.1, 0.15) is 27.2 Å². The molecule has 240 valence electrons. The molecule has 3 N–H and O–H groups in total. The number of aryl methyl sites for hydroxylation is 1. The smallest absolute Gasteiger partial charge is 0.407 e. The van der Waals surface area contributed by atoms with Gasteiger partial charge in [0.2, 0.25) is 5.95 Å². The Balaban J connectivity index is 1.44. The number of nitrogens with one attached hydrogen (secondary N) is 3. The lowest BCUT2D eigenvalue weighted by molar-refractivity contribution is 0.0502. The summed E-state index contributed by atoms with van der Waals surface area (Å²) in [6.07, 6.45) is -0.516. The first-order chi connectivity index (χ1) is 20.7. The number of anilines is 2. The van der Waals surface area contributed by atoms with Gasteiger partial charge in [0.1, 0.15) is 23.2 Å². The average molecular weight is 642 g/mol. The molecule has 3 heterocycles. The third-order valence-electron chi connectivity index (χ3n) is 6.43. The predicted molar refractivity (Wildman–Crippen MR) is 157 cm³/mol. The van der Waals surface area contributed by atoms with Crippen molar-refractivity contribution in [3.05, 3.63) is 46.4 Å². The van der Waals surface area contributed by atoms with E-state index in [4.69, 9.17) is 9.47 Å². The van der Waals surface area contributed by atoms with Gasteiger partial charge in [0, 0.05) is 44.8 Å². The monoisotopic (exact) mass is 641 g/mol. The minimum absolute atomic E-state index is 0.00731. The Kier molecular flexibility index (Phi) is 10.00. The lowest BCUT2D eigenvalue weighted by Crippen LogP contribution is -2.34. The molecule has 0 aliphatic carbocycles. The van der Waals surface area contributed by atoms with Crippen LogP contribution in [0.15, 0.2) is 29.2 Å². The van der Waals surface area contributed by atoms with E-state index in [1.807, 2.05) is 4.72 Å². The molecule has 1 amide bonds. The van der Waals surface area contributed by atoms with Crippen LogP contribution in [-0.4, -0.2) is 84.5 Å². The number of alkyl halides is 1. The van der Waals surface area contributed by atoms with E-state index in [0.717, 1.165) is 21.0 Å². The topological polar surface area (TPSA) is 157 Å². The van der Waals surface area contributed by atoms with E-state index >= 15 is 4.39 Å². The zero-order chi connectivity index (χ0) is 32.2. The number of rotatable bonds is 11. The lowest BCUT2D eigenvalue weighted by atomic mass is 10.0. The number of alkyl carbamates (subject to hydrolysis) is 1. The van der Waals surface area contributed by atoms with Gasteiger partial charge >= 0.3 is 16.3 Å². The molecule has 0 spiro atoms. The highest BCUT2D eigenvalue weighted by Crippen LogP contribution is 2.31. The molecule has 13 nitrogen and oxygen atoms in total. The van der Waals surface area contributed by atoms with Crippen LogP contribution in [-0.2, 0) is 26.7 Å². The highest BCUT2D eigenvalue weighted by molar-refractivity contribution is 7.90. The molecule has 1 saturated heterocycles. The molecule has 1 aliphatic heterocycles. The van der Waals surface area contributed by atoms with Crippen LogP contribution in [0.25, 0.3) is 22.2 Å². The van der Waals surface area contributed by atoms with Crippen LogP contribution in [0.2, 0.25) is 0 Å². The van der Waals surface area contributed by atoms with Crippen molar-refractivity contribution in [2.45, 2.75) is 39.0 Å². The van der Waals surface area contributed by atoms with Crippen molar-refractivity contribution in [3.8, 4) is 11.1 Å². The summed E-state index contributed by atoms with van der Waals surface area (Å²) in [7, 11) is -2.95. The van der Waals surface area contributed by atoms with Gasteiger partial charge < -0.3 is 20.1 Å². The second-order valence-electron chi connectivity index (χ2n) is 11.0. The van der Waals surface area contributed by atoms with Gasteiger partial charge in [-0.1, -0.05) is 0 Å². The molecular formula is C27H34F3N7O6S. The van der Waals surface area contributed by atoms with Crippen LogP contribution in [0, 0.1) is 11.6 Å². The Morgan fingerprint density at radius 1 is 1.18 bits per heavy atom. The van der Waals surface area contributed by atoms with Gasteiger partial charge in [-0.05, 0) is 45.4 Å². The van der Waals surface area contributed by atoms with E-state index in [1.54, 1.807) is 20.8 Å². The first kappa shape index (κ1) is 32.9. The number of hydrogen-bond donors (Lipinski definition) is 3. The minimum Gasteiger partial charge on any atom is -0.444 e. The van der Waals surface area contributed by atoms with Gasteiger partial charge in [-0.3, -0.25) is 14.1 Å². The number of carbonyl (C=O) groups is 1. The molecule has 3 aromatic rings. The summed E-state index contributed by atoms with van der Waals surface area (Å²) in [5.74, 6) is -2.23. The van der Waals surface area contributed by atoms with E-state index in [-0.39, 0.29) is 61.8 Å². The summed E-state index contributed by atoms with van der Waals surface area (Å²) in [4.78, 5) is 33.4. The van der Waals surface area contributed by atoms with Gasteiger partial charge in [0.25, 0.3) is 5.56 Å². The van der Waals surface area contributed by atoms with E-state index < -0.39 is 56.5 Å². The van der Waals surface area contributed by atoms with Crippen LogP contribution in [0.4, 0.5) is 29.6 Å². The fourth-order valence-corrected chi connectivity index (χ4v) is 5.64. The maximum Gasteiger partial charge on any atom is 0.407 e. The molecule has 2 aromatic heterocycles. The predicted octanol–water partition coefficient (Wildman–Crippen LogP) is 2.93. The van der Waals surface area contributed by atoms with Crippen LogP contribution in [0.5, 0.6) is 0 Å². The first-order valence-corrected chi connectivity index (χ1v) is 15.2. The molecule has 0 saturated carbocycles. The number of ether oxygens (including phenoxy) is 2. The molecule has 0 unspecified atom stereocenters. The highest BCUT2D eigenvalue weighted by atomic mass is 32.2. The Hall–Kier alpha value is -3.96. The summed E-state index contributed by atoms with van der Waals surface area (Å²) in [5.41, 5.74) is -2.93. The van der Waals surface area contributed by atoms with Crippen LogP contribution in [0.3, 0.4) is 0 Å². The lowest BCUT2D eigenvalue weighted by Gasteiger charge is -2.19. The molecule has 17 heteroatoms. The minimum atomic E-state index is -4.32. The third kappa shape index (κ3) is 7.95. The number of halogens is 3. The molecule has 1 fully saturated rings. The van der Waals surface area contributed by atoms with Crippen molar-refractivity contribution in [2.75, 3.05) is 49.4 Å². The van der Waals surface area contributed by atoms with E-state index in [2.05, 4.69) is 20.6 Å². The Morgan fingerprint density at radius 2 is 1.91 bits per heavy atom. The summed E-state index contributed by atoms with van der Waals surface area (Å²) < 4.78 is 83.8. The zero-order valence-electron chi connectivity index (χ0n) is 24.6. The van der Waals surface area contributed by atoms with Crippen molar-refractivity contribution in [2.24, 2.45) is 7.05 Å². The van der Waals surface area contributed by atoms with E-state index in [1.165, 1.54) is 19.3 Å². The maximum absolute atomic E-state index is 15.6.